The SMILES string of the molecule is CCOC(=O)C(CCCc1ccc(C(=O)OC)cc1)OS(=O)(=O)C(F)(F)F. The molecule has 0 aliphatic carbocycles. The number of ether oxygens (including phenoxy) is 2. The Balaban J connectivity index is 2.74. The molecule has 1 unspecified atom stereocenters. The van der Waals surface area contributed by atoms with Gasteiger partial charge in [0.15, 0.2) is 6.10 Å². The fourth-order valence-electron chi connectivity index (χ4n) is 2.06. The zero-order chi connectivity index (χ0) is 20.7. The molecule has 0 aliphatic rings. The third-order valence-electron chi connectivity index (χ3n) is 3.38. The van der Waals surface area contributed by atoms with Crippen molar-refractivity contribution in [3.05, 3.63) is 35.4 Å². The van der Waals surface area contributed by atoms with Crippen LogP contribution in [0.1, 0.15) is 35.7 Å². The van der Waals surface area contributed by atoms with E-state index in [2.05, 4.69) is 13.7 Å². The minimum absolute atomic E-state index is 0.139. The molecule has 0 aliphatic heterocycles. The van der Waals surface area contributed by atoms with Crippen LogP contribution in [-0.2, 0) is 35.0 Å². The van der Waals surface area contributed by atoms with E-state index in [1.807, 2.05) is 0 Å². The second-order valence-corrected chi connectivity index (χ2v) is 6.88. The van der Waals surface area contributed by atoms with Crippen molar-refractivity contribution >= 4 is 22.1 Å². The molecule has 0 radical (unpaired) electrons. The van der Waals surface area contributed by atoms with E-state index in [9.17, 15) is 31.2 Å². The molecule has 0 spiro atoms. The van der Waals surface area contributed by atoms with Gasteiger partial charge in [-0.15, -0.1) is 0 Å². The van der Waals surface area contributed by atoms with Gasteiger partial charge < -0.3 is 9.47 Å². The van der Waals surface area contributed by atoms with Crippen LogP contribution in [0.25, 0.3) is 0 Å². The van der Waals surface area contributed by atoms with Crippen molar-refractivity contribution in [3.63, 3.8) is 0 Å². The summed E-state index contributed by atoms with van der Waals surface area (Å²) in [4.78, 5) is 23.1. The van der Waals surface area contributed by atoms with Crippen LogP contribution in [0.5, 0.6) is 0 Å². The molecule has 1 aromatic rings. The van der Waals surface area contributed by atoms with E-state index >= 15 is 0 Å². The number of methoxy groups -OCH3 is 1. The van der Waals surface area contributed by atoms with Crippen molar-refractivity contribution in [1.29, 1.82) is 0 Å². The maximum absolute atomic E-state index is 12.5. The second-order valence-electron chi connectivity index (χ2n) is 5.32. The summed E-state index contributed by atoms with van der Waals surface area (Å²) in [7, 11) is -4.69. The predicted molar refractivity (Wildman–Crippen MR) is 87.2 cm³/mol. The van der Waals surface area contributed by atoms with Gasteiger partial charge in [-0.3, -0.25) is 0 Å². The highest BCUT2D eigenvalue weighted by Crippen LogP contribution is 2.27. The largest absolute Gasteiger partial charge is 0.523 e. The van der Waals surface area contributed by atoms with Gasteiger partial charge in [-0.05, 0) is 43.9 Å². The molecule has 1 aromatic carbocycles. The van der Waals surface area contributed by atoms with Gasteiger partial charge in [0.25, 0.3) is 0 Å². The lowest BCUT2D eigenvalue weighted by atomic mass is 10.0. The minimum Gasteiger partial charge on any atom is -0.465 e. The molecule has 0 N–H and O–H groups in total. The minimum atomic E-state index is -5.93. The summed E-state index contributed by atoms with van der Waals surface area (Å²) in [6.45, 7) is 1.29. The first-order valence-corrected chi connectivity index (χ1v) is 9.26. The Morgan fingerprint density at radius 2 is 1.74 bits per heavy atom. The first-order chi connectivity index (χ1) is 12.5. The molecule has 1 rings (SSSR count). The molecule has 0 fully saturated rings. The van der Waals surface area contributed by atoms with E-state index in [-0.39, 0.29) is 19.4 Å². The number of esters is 2. The molecule has 0 saturated heterocycles. The Kier molecular flexibility index (Phi) is 8.22. The Morgan fingerprint density at radius 3 is 2.22 bits per heavy atom. The number of carbonyl (C=O) groups is 2. The van der Waals surface area contributed by atoms with Gasteiger partial charge in [-0.2, -0.15) is 21.6 Å². The second kappa shape index (κ2) is 9.70. The number of alkyl halides is 3. The van der Waals surface area contributed by atoms with Gasteiger partial charge >= 0.3 is 27.6 Å². The van der Waals surface area contributed by atoms with Crippen molar-refractivity contribution in [2.45, 2.75) is 37.8 Å². The Labute approximate surface area is 154 Å². The normalized spacial score (nSPS) is 13.1. The standard InChI is InChI=1S/C16H19F3O7S/c1-3-25-15(21)13(26-27(22,23)16(17,18)19)6-4-5-11-7-9-12(10-8-11)14(20)24-2/h7-10,13H,3-6H2,1-2H3. The predicted octanol–water partition coefficient (Wildman–Crippen LogP) is 2.59. The summed E-state index contributed by atoms with van der Waals surface area (Å²) in [6, 6.07) is 6.24. The number of aryl methyl sites for hydroxylation is 1. The third kappa shape index (κ3) is 6.83. The monoisotopic (exact) mass is 412 g/mol. The van der Waals surface area contributed by atoms with Crippen LogP contribution in [-0.4, -0.2) is 45.7 Å². The first kappa shape index (κ1) is 22.9. The lowest BCUT2D eigenvalue weighted by Crippen LogP contribution is -2.35. The number of rotatable bonds is 9. The molecule has 0 saturated carbocycles. The van der Waals surface area contributed by atoms with Crippen LogP contribution in [0, 0.1) is 0 Å². The molecule has 0 aromatic heterocycles. The average molecular weight is 412 g/mol. The van der Waals surface area contributed by atoms with Crippen molar-refractivity contribution in [2.75, 3.05) is 13.7 Å². The maximum Gasteiger partial charge on any atom is 0.523 e. The molecule has 1 atom stereocenters. The zero-order valence-corrected chi connectivity index (χ0v) is 15.4. The first-order valence-electron chi connectivity index (χ1n) is 7.85. The Hall–Kier alpha value is -2.14. The van der Waals surface area contributed by atoms with Crippen molar-refractivity contribution in [2.24, 2.45) is 0 Å². The van der Waals surface area contributed by atoms with Crippen molar-refractivity contribution < 1.29 is 44.8 Å². The zero-order valence-electron chi connectivity index (χ0n) is 14.6. The molecule has 27 heavy (non-hydrogen) atoms. The molecule has 152 valence electrons. The summed E-state index contributed by atoms with van der Waals surface area (Å²) < 4.78 is 72.8. The van der Waals surface area contributed by atoms with E-state index in [4.69, 9.17) is 0 Å². The van der Waals surface area contributed by atoms with Gasteiger partial charge in [-0.1, -0.05) is 12.1 Å². The molecule has 0 amide bonds. The molecule has 11 heteroatoms. The quantitative estimate of drug-likeness (QED) is 0.349. The maximum atomic E-state index is 12.5. The Bertz CT molecular complexity index is 742. The van der Waals surface area contributed by atoms with E-state index in [1.165, 1.54) is 26.2 Å². The summed E-state index contributed by atoms with van der Waals surface area (Å²) >= 11 is 0. The van der Waals surface area contributed by atoms with Crippen molar-refractivity contribution in [1.82, 2.24) is 0 Å². The van der Waals surface area contributed by atoms with Crippen LogP contribution in [0.2, 0.25) is 0 Å². The lowest BCUT2D eigenvalue weighted by molar-refractivity contribution is -0.152. The summed E-state index contributed by atoms with van der Waals surface area (Å²) in [5.41, 5.74) is -4.59. The number of hydrogen-bond donors (Lipinski definition) is 0. The molecule has 0 heterocycles. The number of benzene rings is 1. The van der Waals surface area contributed by atoms with Crippen LogP contribution >= 0.6 is 0 Å². The highest BCUT2D eigenvalue weighted by Gasteiger charge is 2.49. The van der Waals surface area contributed by atoms with Crippen molar-refractivity contribution in [3.8, 4) is 0 Å². The number of hydrogen-bond acceptors (Lipinski definition) is 7. The summed E-state index contributed by atoms with van der Waals surface area (Å²) in [5, 5.41) is 0. The van der Waals surface area contributed by atoms with Crippen LogP contribution < -0.4 is 0 Å². The highest BCUT2D eigenvalue weighted by molar-refractivity contribution is 7.87. The fraction of sp³-hybridized carbons (Fsp3) is 0.500. The van der Waals surface area contributed by atoms with E-state index < -0.39 is 33.7 Å². The fourth-order valence-corrected chi connectivity index (χ4v) is 2.65. The van der Waals surface area contributed by atoms with Gasteiger partial charge in [-0.25, -0.2) is 13.8 Å². The number of halogens is 3. The molecule has 7 nitrogen and oxygen atoms in total. The van der Waals surface area contributed by atoms with Gasteiger partial charge in [0.2, 0.25) is 0 Å². The molecule has 0 bridgehead atoms. The van der Waals surface area contributed by atoms with Crippen LogP contribution in [0.4, 0.5) is 13.2 Å². The Morgan fingerprint density at radius 1 is 1.15 bits per heavy atom. The summed E-state index contributed by atoms with van der Waals surface area (Å²) in [6.07, 6.45) is -1.74. The van der Waals surface area contributed by atoms with Gasteiger partial charge in [0, 0.05) is 0 Å². The molecular weight excluding hydrogens is 393 g/mol. The van der Waals surface area contributed by atoms with Crippen LogP contribution in [0.15, 0.2) is 24.3 Å². The third-order valence-corrected chi connectivity index (χ3v) is 4.44. The van der Waals surface area contributed by atoms with E-state index in [0.29, 0.717) is 12.0 Å². The van der Waals surface area contributed by atoms with Crippen LogP contribution in [0.3, 0.4) is 0 Å². The van der Waals surface area contributed by atoms with E-state index in [1.54, 1.807) is 12.1 Å². The average Bonchev–Trinajstić information content (AvgIpc) is 2.60. The topological polar surface area (TPSA) is 96.0 Å². The smallest absolute Gasteiger partial charge is 0.465 e. The number of carbonyl (C=O) groups excluding carboxylic acids is 2. The highest BCUT2D eigenvalue weighted by atomic mass is 32.2. The molecular formula is C16H19F3O7S. The van der Waals surface area contributed by atoms with Gasteiger partial charge in [0.05, 0.1) is 19.3 Å². The lowest BCUT2D eigenvalue weighted by Gasteiger charge is -2.17. The van der Waals surface area contributed by atoms with E-state index in [0.717, 1.165) is 5.56 Å². The van der Waals surface area contributed by atoms with Gasteiger partial charge in [0.1, 0.15) is 0 Å². The summed E-state index contributed by atoms with van der Waals surface area (Å²) in [5.74, 6) is -1.71.